The molecule has 1 aromatic rings. The molecule has 17 heavy (non-hydrogen) atoms. The van der Waals surface area contributed by atoms with Crippen molar-refractivity contribution >= 4 is 0 Å². The fraction of sp³-hybridized carbons (Fsp3) is 0.500. The van der Waals surface area contributed by atoms with Crippen molar-refractivity contribution in [3.8, 4) is 5.75 Å². The van der Waals surface area contributed by atoms with Gasteiger partial charge in [-0.1, -0.05) is 6.07 Å². The topological polar surface area (TPSA) is 21.3 Å². The van der Waals surface area contributed by atoms with Crippen LogP contribution in [0.5, 0.6) is 5.75 Å². The second kappa shape index (κ2) is 4.96. The van der Waals surface area contributed by atoms with Gasteiger partial charge in [0.25, 0.3) is 0 Å². The molecule has 1 rings (SSSR count). The van der Waals surface area contributed by atoms with Crippen molar-refractivity contribution in [2.24, 2.45) is 0 Å². The van der Waals surface area contributed by atoms with Gasteiger partial charge in [0.15, 0.2) is 0 Å². The van der Waals surface area contributed by atoms with Crippen molar-refractivity contribution in [3.63, 3.8) is 0 Å². The van der Waals surface area contributed by atoms with E-state index in [9.17, 15) is 13.2 Å². The Morgan fingerprint density at radius 1 is 1.18 bits per heavy atom. The average Bonchev–Trinajstić information content (AvgIpc) is 2.21. The summed E-state index contributed by atoms with van der Waals surface area (Å²) in [6, 6.07) is 1.43. The minimum atomic E-state index is -4.34. The molecule has 0 aliphatic carbocycles. The molecule has 0 aliphatic heterocycles. The first-order valence-electron chi connectivity index (χ1n) is 5.20. The number of benzene rings is 1. The highest BCUT2D eigenvalue weighted by molar-refractivity contribution is 5.44. The highest BCUT2D eigenvalue weighted by Crippen LogP contribution is 2.38. The summed E-state index contributed by atoms with van der Waals surface area (Å²) in [4.78, 5) is 0. The van der Waals surface area contributed by atoms with Crippen LogP contribution >= 0.6 is 0 Å². The van der Waals surface area contributed by atoms with E-state index in [0.29, 0.717) is 0 Å². The van der Waals surface area contributed by atoms with Crippen molar-refractivity contribution in [1.82, 2.24) is 5.32 Å². The highest BCUT2D eigenvalue weighted by atomic mass is 19.4. The summed E-state index contributed by atoms with van der Waals surface area (Å²) in [6.07, 6.45) is -4.34. The molecule has 0 aliphatic rings. The first-order chi connectivity index (χ1) is 7.81. The van der Waals surface area contributed by atoms with Crippen molar-refractivity contribution in [3.05, 3.63) is 28.8 Å². The molecule has 0 amide bonds. The molecule has 1 unspecified atom stereocenters. The van der Waals surface area contributed by atoms with Crippen LogP contribution in [0, 0.1) is 13.8 Å². The molecular formula is C12H16F3NO. The van der Waals surface area contributed by atoms with Crippen molar-refractivity contribution in [2.45, 2.75) is 26.1 Å². The van der Waals surface area contributed by atoms with Gasteiger partial charge in [-0.25, -0.2) is 0 Å². The van der Waals surface area contributed by atoms with Crippen molar-refractivity contribution < 1.29 is 17.9 Å². The first-order valence-corrected chi connectivity index (χ1v) is 5.20. The zero-order valence-corrected chi connectivity index (χ0v) is 10.3. The summed E-state index contributed by atoms with van der Waals surface area (Å²) >= 11 is 0. The molecule has 0 fully saturated rings. The normalized spacial score (nSPS) is 13.6. The molecule has 0 saturated heterocycles. The predicted octanol–water partition coefficient (Wildman–Crippen LogP) is 3.13. The maximum Gasteiger partial charge on any atom is 0.408 e. The van der Waals surface area contributed by atoms with E-state index in [2.05, 4.69) is 5.32 Å². The van der Waals surface area contributed by atoms with E-state index in [1.807, 2.05) is 6.92 Å². The standard InChI is InChI=1S/C12H16F3NO/c1-7-5-9(10(17-4)6-8(7)2)11(16-3)12(13,14)15/h5-6,11,16H,1-4H3. The van der Waals surface area contributed by atoms with Gasteiger partial charge in [-0.15, -0.1) is 0 Å². The number of halogens is 3. The Labute approximate surface area is 98.8 Å². The Balaban J connectivity index is 3.32. The summed E-state index contributed by atoms with van der Waals surface area (Å²) in [5.74, 6) is 0.254. The maximum absolute atomic E-state index is 12.8. The molecular weight excluding hydrogens is 231 g/mol. The quantitative estimate of drug-likeness (QED) is 0.886. The van der Waals surface area contributed by atoms with Crippen LogP contribution in [0.1, 0.15) is 22.7 Å². The summed E-state index contributed by atoms with van der Waals surface area (Å²) < 4.78 is 43.5. The Hall–Kier alpha value is -1.23. The van der Waals surface area contributed by atoms with E-state index in [1.165, 1.54) is 20.2 Å². The number of rotatable bonds is 3. The summed E-state index contributed by atoms with van der Waals surface area (Å²) in [5.41, 5.74) is 1.83. The first kappa shape index (κ1) is 13.8. The molecule has 0 saturated carbocycles. The van der Waals surface area contributed by atoms with E-state index in [1.54, 1.807) is 13.0 Å². The largest absolute Gasteiger partial charge is 0.496 e. The van der Waals surface area contributed by atoms with Crippen LogP contribution in [-0.4, -0.2) is 20.3 Å². The zero-order valence-electron chi connectivity index (χ0n) is 10.3. The lowest BCUT2D eigenvalue weighted by Gasteiger charge is -2.23. The minimum Gasteiger partial charge on any atom is -0.496 e. The van der Waals surface area contributed by atoms with Gasteiger partial charge in [0.05, 0.1) is 7.11 Å². The molecule has 96 valence electrons. The smallest absolute Gasteiger partial charge is 0.408 e. The fourth-order valence-electron chi connectivity index (χ4n) is 1.71. The molecule has 2 nitrogen and oxygen atoms in total. The van der Waals surface area contributed by atoms with E-state index in [-0.39, 0.29) is 11.3 Å². The lowest BCUT2D eigenvalue weighted by atomic mass is 9.99. The van der Waals surface area contributed by atoms with Crippen molar-refractivity contribution in [2.75, 3.05) is 14.2 Å². The summed E-state index contributed by atoms with van der Waals surface area (Å²) in [5, 5.41) is 2.27. The minimum absolute atomic E-state index is 0.116. The van der Waals surface area contributed by atoms with E-state index < -0.39 is 12.2 Å². The van der Waals surface area contributed by atoms with Gasteiger partial charge in [0, 0.05) is 5.56 Å². The molecule has 1 aromatic carbocycles. The monoisotopic (exact) mass is 247 g/mol. The number of hydrogen-bond donors (Lipinski definition) is 1. The third-order valence-electron chi connectivity index (χ3n) is 2.77. The van der Waals surface area contributed by atoms with Crippen LogP contribution < -0.4 is 10.1 Å². The van der Waals surface area contributed by atoms with Crippen LogP contribution in [0.15, 0.2) is 12.1 Å². The van der Waals surface area contributed by atoms with Crippen molar-refractivity contribution in [1.29, 1.82) is 0 Å². The Morgan fingerprint density at radius 3 is 2.12 bits per heavy atom. The summed E-state index contributed by atoms with van der Waals surface area (Å²) in [6.45, 7) is 3.62. The third-order valence-corrected chi connectivity index (χ3v) is 2.77. The number of ether oxygens (including phenoxy) is 1. The average molecular weight is 247 g/mol. The SMILES string of the molecule is CNC(c1cc(C)c(C)cc1OC)C(F)(F)F. The maximum atomic E-state index is 12.8. The predicted molar refractivity (Wildman–Crippen MR) is 60.3 cm³/mol. The van der Waals surface area contributed by atoms with Crippen LogP contribution in [0.3, 0.4) is 0 Å². The fourth-order valence-corrected chi connectivity index (χ4v) is 1.71. The molecule has 0 aromatic heterocycles. The van der Waals surface area contributed by atoms with E-state index in [0.717, 1.165) is 11.1 Å². The van der Waals surface area contributed by atoms with Crippen LogP contribution in [0.2, 0.25) is 0 Å². The summed E-state index contributed by atoms with van der Waals surface area (Å²) in [7, 11) is 2.66. The van der Waals surface area contributed by atoms with Gasteiger partial charge >= 0.3 is 6.18 Å². The van der Waals surface area contributed by atoms with Gasteiger partial charge in [-0.2, -0.15) is 13.2 Å². The molecule has 0 radical (unpaired) electrons. The molecule has 0 heterocycles. The second-order valence-corrected chi connectivity index (χ2v) is 3.94. The van der Waals surface area contributed by atoms with Crippen LogP contribution in [0.25, 0.3) is 0 Å². The van der Waals surface area contributed by atoms with Gasteiger partial charge < -0.3 is 10.1 Å². The number of aryl methyl sites for hydroxylation is 2. The Kier molecular flexibility index (Phi) is 4.03. The van der Waals surface area contributed by atoms with Gasteiger partial charge in [-0.3, -0.25) is 0 Å². The van der Waals surface area contributed by atoms with Crippen LogP contribution in [0.4, 0.5) is 13.2 Å². The van der Waals surface area contributed by atoms with Crippen LogP contribution in [-0.2, 0) is 0 Å². The number of methoxy groups -OCH3 is 1. The van der Waals surface area contributed by atoms with Gasteiger partial charge in [0.2, 0.25) is 0 Å². The third kappa shape index (κ3) is 2.91. The van der Waals surface area contributed by atoms with Gasteiger partial charge in [0.1, 0.15) is 11.8 Å². The lowest BCUT2D eigenvalue weighted by Crippen LogP contribution is -2.32. The molecule has 0 bridgehead atoms. The Morgan fingerprint density at radius 2 is 1.71 bits per heavy atom. The molecule has 5 heteroatoms. The Bertz CT molecular complexity index is 401. The second-order valence-electron chi connectivity index (χ2n) is 3.94. The highest BCUT2D eigenvalue weighted by Gasteiger charge is 2.41. The lowest BCUT2D eigenvalue weighted by molar-refractivity contribution is -0.156. The van der Waals surface area contributed by atoms with Gasteiger partial charge in [-0.05, 0) is 38.1 Å². The molecule has 0 spiro atoms. The number of hydrogen-bond acceptors (Lipinski definition) is 2. The van der Waals surface area contributed by atoms with E-state index in [4.69, 9.17) is 4.74 Å². The number of alkyl halides is 3. The number of nitrogens with one attached hydrogen (secondary N) is 1. The van der Waals surface area contributed by atoms with E-state index >= 15 is 0 Å². The molecule has 1 atom stereocenters. The molecule has 1 N–H and O–H groups in total. The zero-order chi connectivity index (χ0) is 13.2.